The molecule has 2 aliphatic rings. The first-order valence-electron chi connectivity index (χ1n) is 8.49. The Morgan fingerprint density at radius 3 is 2.96 bits per heavy atom. The van der Waals surface area contributed by atoms with E-state index in [4.69, 9.17) is 21.1 Å². The molecule has 2 N–H and O–H groups in total. The number of carbonyl (C=O) groups is 1. The molecule has 24 heavy (non-hydrogen) atoms. The highest BCUT2D eigenvalue weighted by molar-refractivity contribution is 6.38. The van der Waals surface area contributed by atoms with Gasteiger partial charge in [0.05, 0.1) is 23.8 Å². The van der Waals surface area contributed by atoms with Gasteiger partial charge in [-0.2, -0.15) is 0 Å². The van der Waals surface area contributed by atoms with Crippen molar-refractivity contribution in [3.05, 3.63) is 35.0 Å². The van der Waals surface area contributed by atoms with Gasteiger partial charge in [0.2, 0.25) is 0 Å². The number of hydrogen-bond donors (Lipinski definition) is 2. The van der Waals surface area contributed by atoms with Gasteiger partial charge in [-0.25, -0.2) is 0 Å². The first kappa shape index (κ1) is 15.9. The minimum atomic E-state index is -0.216. The van der Waals surface area contributed by atoms with E-state index in [0.717, 1.165) is 23.9 Å². The second kappa shape index (κ2) is 6.75. The van der Waals surface area contributed by atoms with Crippen molar-refractivity contribution in [2.45, 2.75) is 31.4 Å². The summed E-state index contributed by atoms with van der Waals surface area (Å²) in [5.74, 6) is 0.485. The van der Waals surface area contributed by atoms with Crippen LogP contribution >= 0.6 is 11.6 Å². The number of ether oxygens (including phenoxy) is 2. The molecule has 2 atom stereocenters. The van der Waals surface area contributed by atoms with Gasteiger partial charge in [-0.15, -0.1) is 0 Å². The van der Waals surface area contributed by atoms with E-state index in [1.54, 1.807) is 0 Å². The van der Waals surface area contributed by atoms with Crippen LogP contribution in [0.1, 0.15) is 29.8 Å². The molecule has 0 unspecified atom stereocenters. The summed E-state index contributed by atoms with van der Waals surface area (Å²) >= 11 is 6.36. The Labute approximate surface area is 145 Å². The molecule has 128 valence electrons. The fraction of sp³-hybridized carbons (Fsp3) is 0.500. The van der Waals surface area contributed by atoms with Crippen LogP contribution in [0.2, 0.25) is 5.02 Å². The Balaban J connectivity index is 1.47. The number of carbonyl (C=O) groups excluding carboxylic acids is 1. The lowest BCUT2D eigenvalue weighted by molar-refractivity contribution is -0.0567. The molecule has 0 radical (unpaired) electrons. The number of rotatable bonds is 5. The molecule has 1 amide bonds. The van der Waals surface area contributed by atoms with Crippen molar-refractivity contribution in [1.82, 2.24) is 10.3 Å². The number of H-pyrrole nitrogens is 1. The molecule has 1 aliphatic carbocycles. The van der Waals surface area contributed by atoms with E-state index < -0.39 is 0 Å². The van der Waals surface area contributed by atoms with Crippen molar-refractivity contribution in [3.63, 3.8) is 0 Å². The number of aromatic amines is 1. The van der Waals surface area contributed by atoms with Crippen LogP contribution in [0.4, 0.5) is 0 Å². The normalized spacial score (nSPS) is 24.2. The summed E-state index contributed by atoms with van der Waals surface area (Å²) in [5.41, 5.74) is 1.25. The van der Waals surface area contributed by atoms with Gasteiger partial charge in [-0.05, 0) is 31.2 Å². The molecule has 1 saturated heterocycles. The lowest BCUT2D eigenvalue weighted by Crippen LogP contribution is -2.50. The Hall–Kier alpha value is -1.56. The van der Waals surface area contributed by atoms with Crippen LogP contribution in [0.3, 0.4) is 0 Å². The standard InChI is InChI=1S/C18H21ClN2O3/c19-16-12-3-1-2-4-13(12)20-17(16)18(22)21-14-10-23-8-7-15(14)24-9-11-5-6-11/h1-4,11,14-15,20H,5-10H2,(H,21,22)/t14-,15+/m1/s1. The fourth-order valence-corrected chi connectivity index (χ4v) is 3.40. The molecule has 2 heterocycles. The van der Waals surface area contributed by atoms with E-state index in [1.807, 2.05) is 24.3 Å². The van der Waals surface area contributed by atoms with Gasteiger partial charge in [0, 0.05) is 24.1 Å². The summed E-state index contributed by atoms with van der Waals surface area (Å²) in [6.45, 7) is 1.93. The number of halogens is 1. The van der Waals surface area contributed by atoms with Crippen LogP contribution in [0.15, 0.2) is 24.3 Å². The number of para-hydroxylation sites is 1. The first-order chi connectivity index (χ1) is 11.7. The third-order valence-electron chi connectivity index (χ3n) is 4.72. The number of hydrogen-bond acceptors (Lipinski definition) is 3. The predicted molar refractivity (Wildman–Crippen MR) is 92.5 cm³/mol. The van der Waals surface area contributed by atoms with Crippen molar-refractivity contribution in [2.24, 2.45) is 5.92 Å². The maximum Gasteiger partial charge on any atom is 0.269 e. The maximum absolute atomic E-state index is 12.7. The Morgan fingerprint density at radius 2 is 2.17 bits per heavy atom. The van der Waals surface area contributed by atoms with Gasteiger partial charge in [0.15, 0.2) is 0 Å². The third kappa shape index (κ3) is 3.29. The first-order valence-corrected chi connectivity index (χ1v) is 8.86. The summed E-state index contributed by atoms with van der Waals surface area (Å²) in [7, 11) is 0. The molecule has 0 spiro atoms. The average molecular weight is 349 g/mol. The van der Waals surface area contributed by atoms with Crippen LogP contribution in [0.25, 0.3) is 10.9 Å². The lowest BCUT2D eigenvalue weighted by Gasteiger charge is -2.32. The van der Waals surface area contributed by atoms with Crippen LogP contribution in [-0.4, -0.2) is 42.9 Å². The van der Waals surface area contributed by atoms with E-state index in [0.29, 0.717) is 29.8 Å². The minimum absolute atomic E-state index is 0.00598. The largest absolute Gasteiger partial charge is 0.379 e. The highest BCUT2D eigenvalue weighted by Crippen LogP contribution is 2.30. The van der Waals surface area contributed by atoms with E-state index in [-0.39, 0.29) is 18.1 Å². The summed E-state index contributed by atoms with van der Waals surface area (Å²) < 4.78 is 11.5. The molecule has 1 aliphatic heterocycles. The summed E-state index contributed by atoms with van der Waals surface area (Å²) in [6, 6.07) is 7.47. The topological polar surface area (TPSA) is 63.4 Å². The van der Waals surface area contributed by atoms with E-state index >= 15 is 0 Å². The summed E-state index contributed by atoms with van der Waals surface area (Å²) in [5, 5.41) is 4.33. The van der Waals surface area contributed by atoms with Crippen LogP contribution in [-0.2, 0) is 9.47 Å². The average Bonchev–Trinajstić information content (AvgIpc) is 3.37. The zero-order valence-corrected chi connectivity index (χ0v) is 14.1. The second-order valence-electron chi connectivity index (χ2n) is 6.62. The molecule has 6 heteroatoms. The van der Waals surface area contributed by atoms with E-state index in [9.17, 15) is 4.79 Å². The van der Waals surface area contributed by atoms with Gasteiger partial charge in [0.25, 0.3) is 5.91 Å². The van der Waals surface area contributed by atoms with Crippen molar-refractivity contribution in [1.29, 1.82) is 0 Å². The predicted octanol–water partition coefficient (Wildman–Crippen LogP) is 3.14. The summed E-state index contributed by atoms with van der Waals surface area (Å²) in [4.78, 5) is 15.8. The monoisotopic (exact) mass is 348 g/mol. The van der Waals surface area contributed by atoms with Crippen molar-refractivity contribution in [3.8, 4) is 0 Å². The van der Waals surface area contributed by atoms with Gasteiger partial charge in [-0.1, -0.05) is 29.8 Å². The van der Waals surface area contributed by atoms with Gasteiger partial charge < -0.3 is 19.8 Å². The minimum Gasteiger partial charge on any atom is -0.379 e. The zero-order valence-electron chi connectivity index (χ0n) is 13.4. The molecule has 2 aromatic rings. The van der Waals surface area contributed by atoms with Crippen LogP contribution in [0, 0.1) is 5.92 Å². The molecule has 0 bridgehead atoms. The highest BCUT2D eigenvalue weighted by Gasteiger charge is 2.31. The van der Waals surface area contributed by atoms with Gasteiger partial charge in [-0.3, -0.25) is 4.79 Å². The Bertz CT molecular complexity index is 741. The summed E-state index contributed by atoms with van der Waals surface area (Å²) in [6.07, 6.45) is 3.32. The lowest BCUT2D eigenvalue weighted by atomic mass is 10.1. The molecule has 4 rings (SSSR count). The van der Waals surface area contributed by atoms with Gasteiger partial charge >= 0.3 is 0 Å². The Kier molecular flexibility index (Phi) is 4.48. The molecule has 2 fully saturated rings. The van der Waals surface area contributed by atoms with Gasteiger partial charge in [0.1, 0.15) is 5.69 Å². The zero-order chi connectivity index (χ0) is 16.5. The molecule has 1 aromatic heterocycles. The van der Waals surface area contributed by atoms with Crippen molar-refractivity contribution < 1.29 is 14.3 Å². The Morgan fingerprint density at radius 1 is 1.33 bits per heavy atom. The SMILES string of the molecule is O=C(N[C@@H]1COCC[C@@H]1OCC1CC1)c1[nH]c2ccccc2c1Cl. The number of amides is 1. The molecular weight excluding hydrogens is 328 g/mol. The number of fused-ring (bicyclic) bond motifs is 1. The second-order valence-corrected chi connectivity index (χ2v) is 7.00. The van der Waals surface area contributed by atoms with Crippen molar-refractivity contribution in [2.75, 3.05) is 19.8 Å². The van der Waals surface area contributed by atoms with E-state index in [2.05, 4.69) is 10.3 Å². The molecule has 5 nitrogen and oxygen atoms in total. The third-order valence-corrected chi connectivity index (χ3v) is 5.11. The molecular formula is C18H21ClN2O3. The fourth-order valence-electron chi connectivity index (χ4n) is 3.10. The van der Waals surface area contributed by atoms with Crippen LogP contribution < -0.4 is 5.32 Å². The molecule has 1 saturated carbocycles. The maximum atomic E-state index is 12.7. The highest BCUT2D eigenvalue weighted by atomic mass is 35.5. The number of benzene rings is 1. The smallest absolute Gasteiger partial charge is 0.269 e. The number of aromatic nitrogens is 1. The van der Waals surface area contributed by atoms with E-state index in [1.165, 1.54) is 12.8 Å². The van der Waals surface area contributed by atoms with Crippen molar-refractivity contribution >= 4 is 28.4 Å². The molecule has 1 aromatic carbocycles. The van der Waals surface area contributed by atoms with Crippen LogP contribution in [0.5, 0.6) is 0 Å². The quantitative estimate of drug-likeness (QED) is 0.872. The number of nitrogens with one attached hydrogen (secondary N) is 2.